The highest BCUT2D eigenvalue weighted by Gasteiger charge is 2.25. The predicted octanol–water partition coefficient (Wildman–Crippen LogP) is 3.64. The average molecular weight is 236 g/mol. The first-order chi connectivity index (χ1) is 8.74. The van der Waals surface area contributed by atoms with Crippen molar-refractivity contribution in [1.29, 1.82) is 0 Å². The van der Waals surface area contributed by atoms with Crippen LogP contribution in [0.1, 0.15) is 34.6 Å². The molecule has 0 saturated heterocycles. The molecule has 2 aromatic rings. The van der Waals surface area contributed by atoms with E-state index >= 15 is 0 Å². The van der Waals surface area contributed by atoms with Crippen LogP contribution in [0.3, 0.4) is 0 Å². The Morgan fingerprint density at radius 2 is 1.72 bits per heavy atom. The number of hydrogen-bond acceptors (Lipinski definition) is 1. The number of carbonyl (C=O) groups is 1. The van der Waals surface area contributed by atoms with Crippen molar-refractivity contribution in [3.8, 4) is 0 Å². The van der Waals surface area contributed by atoms with Gasteiger partial charge in [0.15, 0.2) is 0 Å². The van der Waals surface area contributed by atoms with Crippen molar-refractivity contribution in [2.45, 2.75) is 25.7 Å². The number of fused-ring (bicyclic) bond motifs is 1. The van der Waals surface area contributed by atoms with E-state index in [2.05, 4.69) is 49.4 Å². The van der Waals surface area contributed by atoms with E-state index in [1.165, 1.54) is 22.3 Å². The summed E-state index contributed by atoms with van der Waals surface area (Å²) in [7, 11) is 0. The summed E-state index contributed by atoms with van der Waals surface area (Å²) < 4.78 is 0. The van der Waals surface area contributed by atoms with Gasteiger partial charge in [0.25, 0.3) is 0 Å². The zero-order valence-electron chi connectivity index (χ0n) is 10.5. The summed E-state index contributed by atoms with van der Waals surface area (Å²) in [4.78, 5) is 11.9. The van der Waals surface area contributed by atoms with Crippen LogP contribution in [0.15, 0.2) is 48.5 Å². The van der Waals surface area contributed by atoms with Crippen LogP contribution in [0.4, 0.5) is 0 Å². The third-order valence-corrected chi connectivity index (χ3v) is 3.73. The second-order valence-corrected chi connectivity index (χ2v) is 5.08. The molecule has 0 aliphatic heterocycles. The van der Waals surface area contributed by atoms with E-state index in [1.807, 2.05) is 6.07 Å². The van der Waals surface area contributed by atoms with Crippen LogP contribution >= 0.6 is 0 Å². The Bertz CT molecular complexity index is 581. The van der Waals surface area contributed by atoms with Gasteiger partial charge in [-0.2, -0.15) is 0 Å². The Balaban J connectivity index is 2.07. The van der Waals surface area contributed by atoms with Gasteiger partial charge in [-0.3, -0.25) is 4.79 Å². The molecule has 1 aliphatic rings. The molecule has 0 heterocycles. The van der Waals surface area contributed by atoms with Crippen molar-refractivity contribution >= 4 is 5.78 Å². The van der Waals surface area contributed by atoms with E-state index in [9.17, 15) is 4.79 Å². The maximum absolute atomic E-state index is 11.9. The van der Waals surface area contributed by atoms with Crippen LogP contribution in [-0.2, 0) is 11.2 Å². The minimum absolute atomic E-state index is 0.239. The van der Waals surface area contributed by atoms with Crippen LogP contribution in [0, 0.1) is 6.92 Å². The molecule has 0 amide bonds. The number of hydrogen-bond donors (Lipinski definition) is 0. The summed E-state index contributed by atoms with van der Waals surface area (Å²) in [6, 6.07) is 16.9. The van der Waals surface area contributed by atoms with Gasteiger partial charge >= 0.3 is 0 Å². The first kappa shape index (κ1) is 11.2. The van der Waals surface area contributed by atoms with Crippen molar-refractivity contribution in [1.82, 2.24) is 0 Å². The Labute approximate surface area is 107 Å². The molecule has 1 nitrogen and oxygen atoms in total. The lowest BCUT2D eigenvalue weighted by molar-refractivity contribution is -0.119. The molecule has 18 heavy (non-hydrogen) atoms. The van der Waals surface area contributed by atoms with Gasteiger partial charge in [-0.1, -0.05) is 54.1 Å². The monoisotopic (exact) mass is 236 g/mol. The summed E-state index contributed by atoms with van der Waals surface area (Å²) in [6.45, 7) is 2.09. The molecule has 0 bridgehead atoms. The van der Waals surface area contributed by atoms with Crippen LogP contribution in [-0.4, -0.2) is 5.78 Å². The van der Waals surface area contributed by atoms with E-state index in [0.29, 0.717) is 18.6 Å². The largest absolute Gasteiger partial charge is 0.299 e. The van der Waals surface area contributed by atoms with Crippen LogP contribution in [0.5, 0.6) is 0 Å². The normalized spacial score (nSPS) is 18.5. The number of rotatable bonds is 1. The highest BCUT2D eigenvalue weighted by atomic mass is 16.1. The molecular formula is C17H16O. The summed E-state index contributed by atoms with van der Waals surface area (Å²) >= 11 is 0. The minimum atomic E-state index is 0.239. The molecule has 1 heteroatoms. The second-order valence-electron chi connectivity index (χ2n) is 5.08. The van der Waals surface area contributed by atoms with Gasteiger partial charge in [0.1, 0.15) is 5.78 Å². The Morgan fingerprint density at radius 1 is 1.00 bits per heavy atom. The van der Waals surface area contributed by atoms with Gasteiger partial charge in [-0.25, -0.2) is 0 Å². The molecule has 0 fully saturated rings. The van der Waals surface area contributed by atoms with Crippen molar-refractivity contribution in [3.05, 3.63) is 70.8 Å². The molecule has 1 aliphatic carbocycles. The molecule has 0 aromatic heterocycles. The van der Waals surface area contributed by atoms with E-state index in [-0.39, 0.29) is 5.92 Å². The van der Waals surface area contributed by atoms with Gasteiger partial charge in [0, 0.05) is 18.8 Å². The first-order valence-electron chi connectivity index (χ1n) is 6.40. The number of carbonyl (C=O) groups excluding carboxylic acids is 1. The molecule has 0 unspecified atom stereocenters. The quantitative estimate of drug-likeness (QED) is 0.738. The molecule has 90 valence electrons. The van der Waals surface area contributed by atoms with Gasteiger partial charge < -0.3 is 0 Å². The van der Waals surface area contributed by atoms with E-state index in [1.54, 1.807) is 0 Å². The topological polar surface area (TPSA) is 17.1 Å². The van der Waals surface area contributed by atoms with Crippen molar-refractivity contribution < 1.29 is 4.79 Å². The van der Waals surface area contributed by atoms with Gasteiger partial charge in [-0.05, 0) is 23.6 Å². The zero-order valence-corrected chi connectivity index (χ0v) is 10.5. The van der Waals surface area contributed by atoms with Crippen LogP contribution < -0.4 is 0 Å². The summed E-state index contributed by atoms with van der Waals surface area (Å²) in [5, 5.41) is 0. The van der Waals surface area contributed by atoms with Crippen molar-refractivity contribution in [3.63, 3.8) is 0 Å². The minimum Gasteiger partial charge on any atom is -0.299 e. The molecule has 1 atom stereocenters. The van der Waals surface area contributed by atoms with E-state index < -0.39 is 0 Å². The molecular weight excluding hydrogens is 220 g/mol. The third kappa shape index (κ3) is 1.97. The van der Waals surface area contributed by atoms with E-state index in [4.69, 9.17) is 0 Å². The standard InChI is InChI=1S/C17H16O/c1-12-6-8-13(9-7-12)17-11-15(18)10-14-4-2-3-5-16(14)17/h2-9,17H,10-11H2,1H3/t17-/m0/s1. The molecule has 0 spiro atoms. The fraction of sp³-hybridized carbons (Fsp3) is 0.235. The summed E-state index contributed by atoms with van der Waals surface area (Å²) in [6.07, 6.45) is 1.23. The van der Waals surface area contributed by atoms with E-state index in [0.717, 1.165) is 0 Å². The summed E-state index contributed by atoms with van der Waals surface area (Å²) in [5.41, 5.74) is 5.02. The first-order valence-corrected chi connectivity index (χ1v) is 6.40. The Hall–Kier alpha value is -1.89. The number of ketones is 1. The average Bonchev–Trinajstić information content (AvgIpc) is 2.38. The van der Waals surface area contributed by atoms with Crippen LogP contribution in [0.25, 0.3) is 0 Å². The smallest absolute Gasteiger partial charge is 0.138 e. The number of benzene rings is 2. The lowest BCUT2D eigenvalue weighted by Gasteiger charge is -2.25. The fourth-order valence-corrected chi connectivity index (χ4v) is 2.75. The van der Waals surface area contributed by atoms with Crippen molar-refractivity contribution in [2.75, 3.05) is 0 Å². The summed E-state index contributed by atoms with van der Waals surface area (Å²) in [5.74, 6) is 0.585. The van der Waals surface area contributed by atoms with Crippen molar-refractivity contribution in [2.24, 2.45) is 0 Å². The lowest BCUT2D eigenvalue weighted by Crippen LogP contribution is -2.19. The molecule has 0 saturated carbocycles. The molecule has 0 radical (unpaired) electrons. The Kier molecular flexibility index (Phi) is 2.75. The number of aryl methyl sites for hydroxylation is 1. The zero-order chi connectivity index (χ0) is 12.5. The second kappa shape index (κ2) is 4.41. The highest BCUT2D eigenvalue weighted by molar-refractivity contribution is 5.84. The van der Waals surface area contributed by atoms with Crippen LogP contribution in [0.2, 0.25) is 0 Å². The molecule has 3 rings (SSSR count). The fourth-order valence-electron chi connectivity index (χ4n) is 2.75. The maximum Gasteiger partial charge on any atom is 0.138 e. The van der Waals surface area contributed by atoms with Gasteiger partial charge in [-0.15, -0.1) is 0 Å². The predicted molar refractivity (Wildman–Crippen MR) is 72.8 cm³/mol. The SMILES string of the molecule is Cc1ccc([C@@H]2CC(=O)Cc3ccccc32)cc1. The highest BCUT2D eigenvalue weighted by Crippen LogP contribution is 2.35. The molecule has 2 aromatic carbocycles. The van der Waals surface area contributed by atoms with Gasteiger partial charge in [0.2, 0.25) is 0 Å². The molecule has 0 N–H and O–H groups in total. The number of Topliss-reactive ketones (excluding diaryl/α,β-unsaturated/α-hetero) is 1. The Morgan fingerprint density at radius 3 is 2.50 bits per heavy atom. The lowest BCUT2D eigenvalue weighted by atomic mass is 9.78. The van der Waals surface area contributed by atoms with Gasteiger partial charge in [0.05, 0.1) is 0 Å². The maximum atomic E-state index is 11.9. The third-order valence-electron chi connectivity index (χ3n) is 3.73.